The molecule has 1 fully saturated rings. The molecule has 0 spiro atoms. The number of fused-ring (bicyclic) bond motifs is 2. The molecule has 2 aliphatic heterocycles. The predicted octanol–water partition coefficient (Wildman–Crippen LogP) is 6.77. The molecule has 8 nitrogen and oxygen atoms in total. The van der Waals surface area contributed by atoms with E-state index in [0.29, 0.717) is 69.8 Å². The van der Waals surface area contributed by atoms with Gasteiger partial charge in [-0.05, 0) is 66.4 Å². The zero-order chi connectivity index (χ0) is 28.7. The van der Waals surface area contributed by atoms with Crippen LogP contribution >= 0.6 is 22.9 Å². The van der Waals surface area contributed by atoms with Gasteiger partial charge in [0.1, 0.15) is 24.7 Å². The van der Waals surface area contributed by atoms with E-state index < -0.39 is 17.7 Å². The van der Waals surface area contributed by atoms with Gasteiger partial charge in [0, 0.05) is 10.6 Å². The first-order chi connectivity index (χ1) is 19.8. The van der Waals surface area contributed by atoms with E-state index in [-0.39, 0.29) is 11.3 Å². The van der Waals surface area contributed by atoms with Crippen LogP contribution in [0, 0.1) is 5.92 Å². The molecule has 1 N–H and O–H groups in total. The van der Waals surface area contributed by atoms with Gasteiger partial charge in [0.05, 0.1) is 28.4 Å². The van der Waals surface area contributed by atoms with Crippen molar-refractivity contribution in [2.24, 2.45) is 5.92 Å². The fraction of sp³-hybridized carbons (Fsp3) is 0.258. The minimum atomic E-state index is -0.951. The molecule has 1 unspecified atom stereocenters. The number of hydrogen-bond acceptors (Lipinski definition) is 8. The molecule has 1 aromatic heterocycles. The number of benzene rings is 3. The van der Waals surface area contributed by atoms with Gasteiger partial charge in [-0.2, -0.15) is 0 Å². The van der Waals surface area contributed by atoms with Gasteiger partial charge in [-0.15, -0.1) is 0 Å². The lowest BCUT2D eigenvalue weighted by molar-refractivity contribution is -0.132. The number of aliphatic hydroxyl groups excluding tert-OH is 1. The summed E-state index contributed by atoms with van der Waals surface area (Å²) in [6.07, 6.45) is 0.876. The summed E-state index contributed by atoms with van der Waals surface area (Å²) in [5.74, 6) is 0.158. The molecule has 0 bridgehead atoms. The fourth-order valence-corrected chi connectivity index (χ4v) is 6.14. The Balaban J connectivity index is 1.48. The van der Waals surface area contributed by atoms with E-state index in [2.05, 4.69) is 18.8 Å². The van der Waals surface area contributed by atoms with E-state index >= 15 is 0 Å². The number of carbonyl (C=O) groups excluding carboxylic acids is 2. The molecule has 1 saturated heterocycles. The second-order valence-electron chi connectivity index (χ2n) is 10.2. The van der Waals surface area contributed by atoms with Gasteiger partial charge in [0.15, 0.2) is 16.6 Å². The van der Waals surface area contributed by atoms with Crippen molar-refractivity contribution in [3.8, 4) is 17.2 Å². The molecule has 4 aromatic rings. The summed E-state index contributed by atoms with van der Waals surface area (Å²) in [6, 6.07) is 16.5. The van der Waals surface area contributed by atoms with Crippen molar-refractivity contribution in [1.29, 1.82) is 0 Å². The minimum absolute atomic E-state index is 0.0525. The lowest BCUT2D eigenvalue weighted by atomic mass is 9.95. The second-order valence-corrected chi connectivity index (χ2v) is 11.7. The van der Waals surface area contributed by atoms with E-state index in [1.807, 2.05) is 12.1 Å². The number of ketones is 1. The Morgan fingerprint density at radius 2 is 1.90 bits per heavy atom. The zero-order valence-corrected chi connectivity index (χ0v) is 24.0. The summed E-state index contributed by atoms with van der Waals surface area (Å²) in [7, 11) is 0. The topological polar surface area (TPSA) is 98.2 Å². The molecule has 41 heavy (non-hydrogen) atoms. The van der Waals surface area contributed by atoms with Crippen LogP contribution in [0.4, 0.5) is 5.13 Å². The Bertz CT molecular complexity index is 1700. The highest BCUT2D eigenvalue weighted by Crippen LogP contribution is 2.45. The lowest BCUT2D eigenvalue weighted by Gasteiger charge is -2.24. The number of Topliss-reactive ketones (excluding diaryl/α,β-unsaturated/α-hetero) is 1. The number of hydrogen-bond donors (Lipinski definition) is 1. The maximum absolute atomic E-state index is 13.6. The van der Waals surface area contributed by atoms with Gasteiger partial charge < -0.3 is 19.3 Å². The quantitative estimate of drug-likeness (QED) is 0.144. The number of aromatic nitrogens is 1. The lowest BCUT2D eigenvalue weighted by Crippen LogP contribution is -2.29. The summed E-state index contributed by atoms with van der Waals surface area (Å²) in [4.78, 5) is 33.3. The molecule has 0 aliphatic carbocycles. The molecule has 0 saturated carbocycles. The first-order valence-corrected chi connectivity index (χ1v) is 14.5. The highest BCUT2D eigenvalue weighted by atomic mass is 35.5. The molecular formula is C31H27ClN2O6S. The van der Waals surface area contributed by atoms with E-state index in [1.165, 1.54) is 16.2 Å². The van der Waals surface area contributed by atoms with Crippen molar-refractivity contribution in [2.45, 2.75) is 26.3 Å². The van der Waals surface area contributed by atoms with Gasteiger partial charge in [-0.3, -0.25) is 14.5 Å². The summed E-state index contributed by atoms with van der Waals surface area (Å²) in [6.45, 7) is 5.56. The molecule has 0 radical (unpaired) electrons. The van der Waals surface area contributed by atoms with Crippen LogP contribution in [0.2, 0.25) is 5.02 Å². The smallest absolute Gasteiger partial charge is 0.301 e. The number of halogens is 1. The Labute approximate surface area is 245 Å². The minimum Gasteiger partial charge on any atom is -0.507 e. The largest absolute Gasteiger partial charge is 0.507 e. The number of rotatable bonds is 7. The molecule has 10 heteroatoms. The Hall–Kier alpha value is -4.08. The molecule has 1 amide bonds. The van der Waals surface area contributed by atoms with E-state index in [4.69, 9.17) is 25.8 Å². The molecule has 210 valence electrons. The normalized spacial score (nSPS) is 18.0. The van der Waals surface area contributed by atoms with Gasteiger partial charge in [-0.25, -0.2) is 4.98 Å². The van der Waals surface area contributed by atoms with Crippen LogP contribution < -0.4 is 19.1 Å². The van der Waals surface area contributed by atoms with E-state index in [1.54, 1.807) is 48.5 Å². The Kier molecular flexibility index (Phi) is 7.32. The summed E-state index contributed by atoms with van der Waals surface area (Å²) >= 11 is 7.44. The number of anilines is 1. The van der Waals surface area contributed by atoms with Crippen LogP contribution in [0.25, 0.3) is 16.0 Å². The molecule has 2 aliphatic rings. The predicted molar refractivity (Wildman–Crippen MR) is 158 cm³/mol. The summed E-state index contributed by atoms with van der Waals surface area (Å²) in [5, 5.41) is 12.4. The van der Waals surface area contributed by atoms with E-state index in [9.17, 15) is 14.7 Å². The van der Waals surface area contributed by atoms with Crippen molar-refractivity contribution < 1.29 is 28.9 Å². The fourth-order valence-electron chi connectivity index (χ4n) is 4.87. The third-order valence-corrected chi connectivity index (χ3v) is 8.20. The maximum atomic E-state index is 13.6. The van der Waals surface area contributed by atoms with Gasteiger partial charge in [-0.1, -0.05) is 48.9 Å². The van der Waals surface area contributed by atoms with Crippen LogP contribution in [0.15, 0.2) is 66.2 Å². The SMILES string of the molecule is CC(C)CCOc1cccc(C2/C(=C(/O)c3ccc4c(c3)OCCO4)C(=O)C(=O)N2c2nc3ccc(Cl)cc3s2)c1. The molecule has 3 heterocycles. The number of ether oxygens (including phenoxy) is 3. The van der Waals surface area contributed by atoms with Crippen molar-refractivity contribution >= 4 is 55.7 Å². The molecule has 1 atom stereocenters. The molecule has 3 aromatic carbocycles. The second kappa shape index (κ2) is 11.1. The van der Waals surface area contributed by atoms with Crippen LogP contribution in [-0.2, 0) is 9.59 Å². The van der Waals surface area contributed by atoms with Crippen molar-refractivity contribution in [3.63, 3.8) is 0 Å². The van der Waals surface area contributed by atoms with Crippen LogP contribution in [0.1, 0.15) is 37.4 Å². The van der Waals surface area contributed by atoms with Crippen molar-refractivity contribution in [2.75, 3.05) is 24.7 Å². The number of amides is 1. The highest BCUT2D eigenvalue weighted by Gasteiger charge is 2.48. The third-order valence-electron chi connectivity index (χ3n) is 6.94. The zero-order valence-electron chi connectivity index (χ0n) is 22.4. The monoisotopic (exact) mass is 590 g/mol. The molecule has 6 rings (SSSR count). The average molecular weight is 591 g/mol. The van der Waals surface area contributed by atoms with Crippen LogP contribution in [0.3, 0.4) is 0 Å². The number of aliphatic hydroxyl groups is 1. The van der Waals surface area contributed by atoms with Gasteiger partial charge >= 0.3 is 5.91 Å². The number of thiazole rings is 1. The molecular weight excluding hydrogens is 564 g/mol. The highest BCUT2D eigenvalue weighted by molar-refractivity contribution is 7.22. The van der Waals surface area contributed by atoms with Crippen molar-refractivity contribution in [1.82, 2.24) is 4.98 Å². The summed E-state index contributed by atoms with van der Waals surface area (Å²) < 4.78 is 18.0. The Morgan fingerprint density at radius 3 is 2.71 bits per heavy atom. The summed E-state index contributed by atoms with van der Waals surface area (Å²) in [5.41, 5.74) is 1.52. The maximum Gasteiger partial charge on any atom is 0.301 e. The first-order valence-electron chi connectivity index (χ1n) is 13.3. The number of carbonyl (C=O) groups is 2. The van der Waals surface area contributed by atoms with E-state index in [0.717, 1.165) is 11.1 Å². The van der Waals surface area contributed by atoms with Crippen molar-refractivity contribution in [3.05, 3.63) is 82.4 Å². The first kappa shape index (κ1) is 27.1. The number of nitrogens with zero attached hydrogens (tertiary/aromatic N) is 2. The van der Waals surface area contributed by atoms with Gasteiger partial charge in [0.25, 0.3) is 5.78 Å². The van der Waals surface area contributed by atoms with Gasteiger partial charge in [0.2, 0.25) is 0 Å². The average Bonchev–Trinajstić information content (AvgIpc) is 3.49. The van der Waals surface area contributed by atoms with Crippen LogP contribution in [-0.4, -0.2) is 41.6 Å². The third kappa shape index (κ3) is 5.23. The standard InChI is InChI=1S/C31H27ClN2O6S/c1-17(2)10-11-38-21-5-3-4-18(14-21)27-26(28(35)19-6-9-23-24(15-19)40-13-12-39-23)29(36)30(37)34(27)31-33-22-8-7-20(32)16-25(22)41-31/h3-9,14-17,27,35H,10-13H2,1-2H3/b28-26-. The van der Waals surface area contributed by atoms with Crippen LogP contribution in [0.5, 0.6) is 17.2 Å². The Morgan fingerprint density at radius 1 is 1.10 bits per heavy atom.